The molecule has 0 fully saturated rings. The first-order chi connectivity index (χ1) is 10.3. The van der Waals surface area contributed by atoms with Crippen LogP contribution in [0.4, 0.5) is 0 Å². The minimum absolute atomic E-state index is 0.168. The summed E-state index contributed by atoms with van der Waals surface area (Å²) in [7, 11) is -2.05. The van der Waals surface area contributed by atoms with Gasteiger partial charge in [-0.3, -0.25) is 5.10 Å². The highest BCUT2D eigenvalue weighted by atomic mass is 32.2. The molecule has 0 spiro atoms. The minimum Gasteiger partial charge on any atom is -0.496 e. The van der Waals surface area contributed by atoms with Crippen molar-refractivity contribution in [3.63, 3.8) is 0 Å². The molecule has 0 bridgehead atoms. The van der Waals surface area contributed by atoms with Crippen LogP contribution in [0.2, 0.25) is 0 Å². The molecule has 0 amide bonds. The normalized spacial score (nSPS) is 11.7. The van der Waals surface area contributed by atoms with Crippen molar-refractivity contribution in [2.45, 2.75) is 39.1 Å². The molecule has 0 aliphatic heterocycles. The predicted molar refractivity (Wildman–Crippen MR) is 84.6 cm³/mol. The van der Waals surface area contributed by atoms with Gasteiger partial charge in [0.1, 0.15) is 10.6 Å². The average molecular weight is 323 g/mol. The summed E-state index contributed by atoms with van der Waals surface area (Å²) in [6, 6.07) is 3.89. The first-order valence-corrected chi connectivity index (χ1v) is 8.40. The Morgan fingerprint density at radius 1 is 1.23 bits per heavy atom. The number of aryl methyl sites for hydroxylation is 4. The van der Waals surface area contributed by atoms with Gasteiger partial charge in [0.25, 0.3) is 0 Å². The van der Waals surface area contributed by atoms with Crippen LogP contribution in [-0.2, 0) is 16.6 Å². The third-order valence-electron chi connectivity index (χ3n) is 3.56. The van der Waals surface area contributed by atoms with Crippen LogP contribution in [0, 0.1) is 27.7 Å². The van der Waals surface area contributed by atoms with Crippen molar-refractivity contribution in [3.05, 3.63) is 40.2 Å². The first kappa shape index (κ1) is 16.5. The molecular formula is C15H21N3O3S. The summed E-state index contributed by atoms with van der Waals surface area (Å²) in [5.41, 5.74) is 3.87. The Morgan fingerprint density at radius 3 is 2.45 bits per heavy atom. The number of H-pyrrole nitrogens is 1. The highest BCUT2D eigenvalue weighted by Crippen LogP contribution is 2.25. The second-order valence-electron chi connectivity index (χ2n) is 5.35. The van der Waals surface area contributed by atoms with E-state index in [-0.39, 0.29) is 11.4 Å². The highest BCUT2D eigenvalue weighted by molar-refractivity contribution is 7.89. The molecule has 0 unspecified atom stereocenters. The fourth-order valence-electron chi connectivity index (χ4n) is 2.54. The molecule has 1 aromatic carbocycles. The third kappa shape index (κ3) is 3.15. The number of nitrogens with zero attached hydrogens (tertiary/aromatic N) is 1. The second kappa shape index (κ2) is 6.10. The van der Waals surface area contributed by atoms with Crippen LogP contribution < -0.4 is 9.46 Å². The van der Waals surface area contributed by atoms with E-state index in [1.54, 1.807) is 21.0 Å². The first-order valence-electron chi connectivity index (χ1n) is 6.91. The predicted octanol–water partition coefficient (Wildman–Crippen LogP) is 2.13. The van der Waals surface area contributed by atoms with Gasteiger partial charge in [-0.25, -0.2) is 13.1 Å². The van der Waals surface area contributed by atoms with Crippen molar-refractivity contribution in [1.29, 1.82) is 0 Å². The fourth-order valence-corrected chi connectivity index (χ4v) is 3.91. The van der Waals surface area contributed by atoms with E-state index in [1.807, 2.05) is 26.0 Å². The smallest absolute Gasteiger partial charge is 0.244 e. The lowest BCUT2D eigenvalue weighted by Crippen LogP contribution is -2.25. The number of nitrogens with one attached hydrogen (secondary N) is 2. The zero-order valence-corrected chi connectivity index (χ0v) is 14.3. The van der Waals surface area contributed by atoms with Crippen LogP contribution in [0.25, 0.3) is 0 Å². The van der Waals surface area contributed by atoms with Crippen LogP contribution in [0.1, 0.15) is 28.1 Å². The van der Waals surface area contributed by atoms with Crippen molar-refractivity contribution in [2.24, 2.45) is 0 Å². The largest absolute Gasteiger partial charge is 0.496 e. The number of rotatable bonds is 5. The molecule has 0 aliphatic rings. The van der Waals surface area contributed by atoms with Crippen molar-refractivity contribution >= 4 is 10.0 Å². The minimum atomic E-state index is -3.63. The van der Waals surface area contributed by atoms with Crippen LogP contribution >= 0.6 is 0 Å². The van der Waals surface area contributed by atoms with Gasteiger partial charge in [0, 0.05) is 12.1 Å². The number of hydrogen-bond donors (Lipinski definition) is 2. The van der Waals surface area contributed by atoms with E-state index >= 15 is 0 Å². The standard InChI is InChI=1S/C15H21N3O3S/c1-9-6-10(2)13(14(7-9)21-5)8-16-22(19,20)15-11(3)17-18-12(15)4/h6-7,16H,8H2,1-5H3,(H,17,18). The van der Waals surface area contributed by atoms with Gasteiger partial charge in [-0.15, -0.1) is 0 Å². The number of aromatic nitrogens is 2. The third-order valence-corrected chi connectivity index (χ3v) is 5.23. The van der Waals surface area contributed by atoms with Crippen molar-refractivity contribution in [2.75, 3.05) is 7.11 Å². The number of ether oxygens (including phenoxy) is 1. The van der Waals surface area contributed by atoms with Crippen molar-refractivity contribution in [1.82, 2.24) is 14.9 Å². The summed E-state index contributed by atoms with van der Waals surface area (Å²) in [5, 5.41) is 6.62. The van der Waals surface area contributed by atoms with E-state index in [9.17, 15) is 8.42 Å². The Labute approximate surface area is 130 Å². The quantitative estimate of drug-likeness (QED) is 0.883. The van der Waals surface area contributed by atoms with E-state index in [1.165, 1.54) is 0 Å². The Kier molecular flexibility index (Phi) is 4.58. The van der Waals surface area contributed by atoms with E-state index in [0.717, 1.165) is 16.7 Å². The molecule has 22 heavy (non-hydrogen) atoms. The van der Waals surface area contributed by atoms with Crippen LogP contribution in [0.15, 0.2) is 17.0 Å². The van der Waals surface area contributed by atoms with Crippen molar-refractivity contribution in [3.8, 4) is 5.75 Å². The maximum Gasteiger partial charge on any atom is 0.244 e. The van der Waals surface area contributed by atoms with Gasteiger partial charge in [0.2, 0.25) is 10.0 Å². The molecule has 0 atom stereocenters. The molecule has 0 saturated carbocycles. The molecular weight excluding hydrogens is 302 g/mol. The summed E-state index contributed by atoms with van der Waals surface area (Å²) in [6.45, 7) is 7.43. The lowest BCUT2D eigenvalue weighted by atomic mass is 10.0. The molecule has 1 aromatic heterocycles. The van der Waals surface area contributed by atoms with Gasteiger partial charge in [0.05, 0.1) is 18.5 Å². The second-order valence-corrected chi connectivity index (χ2v) is 7.05. The number of aromatic amines is 1. The van der Waals surface area contributed by atoms with Crippen LogP contribution in [-0.4, -0.2) is 25.7 Å². The molecule has 6 nitrogen and oxygen atoms in total. The highest BCUT2D eigenvalue weighted by Gasteiger charge is 2.22. The van der Waals surface area contributed by atoms with Gasteiger partial charge in [-0.2, -0.15) is 5.10 Å². The molecule has 7 heteroatoms. The molecule has 0 radical (unpaired) electrons. The Balaban J connectivity index is 2.31. The fraction of sp³-hybridized carbons (Fsp3) is 0.400. The molecule has 2 N–H and O–H groups in total. The number of methoxy groups -OCH3 is 1. The monoisotopic (exact) mass is 323 g/mol. The van der Waals surface area contributed by atoms with Crippen LogP contribution in [0.5, 0.6) is 5.75 Å². The van der Waals surface area contributed by atoms with Gasteiger partial charge >= 0.3 is 0 Å². The number of benzene rings is 1. The Morgan fingerprint density at radius 2 is 1.91 bits per heavy atom. The number of hydrogen-bond acceptors (Lipinski definition) is 4. The topological polar surface area (TPSA) is 84.1 Å². The lowest BCUT2D eigenvalue weighted by Gasteiger charge is -2.14. The van der Waals surface area contributed by atoms with Gasteiger partial charge in [0.15, 0.2) is 0 Å². The molecule has 120 valence electrons. The summed E-state index contributed by atoms with van der Waals surface area (Å²) in [5.74, 6) is 0.681. The number of sulfonamides is 1. The Bertz CT molecular complexity index is 775. The zero-order chi connectivity index (χ0) is 16.5. The molecule has 2 aromatic rings. The van der Waals surface area contributed by atoms with Crippen molar-refractivity contribution < 1.29 is 13.2 Å². The maximum absolute atomic E-state index is 12.5. The summed E-state index contributed by atoms with van der Waals surface area (Å²) in [4.78, 5) is 0.205. The SMILES string of the molecule is COc1cc(C)cc(C)c1CNS(=O)(=O)c1c(C)n[nH]c1C. The Hall–Kier alpha value is -1.86. The van der Waals surface area contributed by atoms with Crippen LogP contribution in [0.3, 0.4) is 0 Å². The zero-order valence-electron chi connectivity index (χ0n) is 13.4. The van der Waals surface area contributed by atoms with Gasteiger partial charge in [-0.1, -0.05) is 6.07 Å². The van der Waals surface area contributed by atoms with E-state index in [4.69, 9.17) is 4.74 Å². The molecule has 0 aliphatic carbocycles. The van der Waals surface area contributed by atoms with E-state index < -0.39 is 10.0 Å². The van der Waals surface area contributed by atoms with E-state index in [0.29, 0.717) is 17.1 Å². The summed E-state index contributed by atoms with van der Waals surface area (Å²) < 4.78 is 32.9. The van der Waals surface area contributed by atoms with Gasteiger partial charge < -0.3 is 4.74 Å². The average Bonchev–Trinajstić information content (AvgIpc) is 2.76. The molecule has 2 rings (SSSR count). The van der Waals surface area contributed by atoms with E-state index in [2.05, 4.69) is 14.9 Å². The maximum atomic E-state index is 12.5. The summed E-state index contributed by atoms with van der Waals surface area (Å²) in [6.07, 6.45) is 0. The summed E-state index contributed by atoms with van der Waals surface area (Å²) >= 11 is 0. The lowest BCUT2D eigenvalue weighted by molar-refractivity contribution is 0.408. The molecule has 0 saturated heterocycles. The van der Waals surface area contributed by atoms with Gasteiger partial charge in [-0.05, 0) is 44.9 Å². The molecule has 1 heterocycles.